The van der Waals surface area contributed by atoms with Gasteiger partial charge >= 0.3 is 5.97 Å². The summed E-state index contributed by atoms with van der Waals surface area (Å²) in [5.74, 6) is 0.790. The van der Waals surface area contributed by atoms with Crippen LogP contribution < -0.4 is 4.74 Å². The average Bonchev–Trinajstić information content (AvgIpc) is 2.44. The SMILES string of the molecule is CCOC(=O)c1ccc(Oc2ccc(Br)c(C)n2)cc1. The van der Waals surface area contributed by atoms with Crippen molar-refractivity contribution in [1.29, 1.82) is 0 Å². The van der Waals surface area contributed by atoms with Crippen LogP contribution in [0.25, 0.3) is 0 Å². The molecule has 4 nitrogen and oxygen atoms in total. The number of hydrogen-bond donors (Lipinski definition) is 0. The molecule has 0 bridgehead atoms. The number of carbonyl (C=O) groups is 1. The zero-order valence-corrected chi connectivity index (χ0v) is 12.8. The van der Waals surface area contributed by atoms with Gasteiger partial charge in [0.25, 0.3) is 0 Å². The number of pyridine rings is 1. The van der Waals surface area contributed by atoms with Crippen molar-refractivity contribution in [1.82, 2.24) is 4.98 Å². The van der Waals surface area contributed by atoms with E-state index in [0.29, 0.717) is 23.8 Å². The summed E-state index contributed by atoms with van der Waals surface area (Å²) in [6.07, 6.45) is 0. The van der Waals surface area contributed by atoms with Crippen LogP contribution in [0.5, 0.6) is 11.6 Å². The van der Waals surface area contributed by atoms with Gasteiger partial charge in [0.1, 0.15) is 5.75 Å². The Balaban J connectivity index is 2.10. The Hall–Kier alpha value is -1.88. The van der Waals surface area contributed by atoms with Crippen LogP contribution in [0.2, 0.25) is 0 Å². The van der Waals surface area contributed by atoms with Crippen LogP contribution in [-0.4, -0.2) is 17.6 Å². The number of carbonyl (C=O) groups excluding carboxylic acids is 1. The summed E-state index contributed by atoms with van der Waals surface area (Å²) in [5, 5.41) is 0. The van der Waals surface area contributed by atoms with Gasteiger partial charge in [-0.3, -0.25) is 0 Å². The summed E-state index contributed by atoms with van der Waals surface area (Å²) in [6, 6.07) is 10.4. The molecule has 0 aliphatic carbocycles. The quantitative estimate of drug-likeness (QED) is 0.788. The first-order valence-electron chi connectivity index (χ1n) is 6.18. The van der Waals surface area contributed by atoms with E-state index in [9.17, 15) is 4.79 Å². The van der Waals surface area contributed by atoms with Crippen LogP contribution in [0, 0.1) is 6.92 Å². The number of aromatic nitrogens is 1. The Morgan fingerprint density at radius 2 is 1.90 bits per heavy atom. The van der Waals surface area contributed by atoms with Crippen LogP contribution >= 0.6 is 15.9 Å². The Morgan fingerprint density at radius 3 is 2.50 bits per heavy atom. The highest BCUT2D eigenvalue weighted by Gasteiger charge is 2.07. The second-order valence-corrected chi connectivity index (χ2v) is 4.92. The minimum Gasteiger partial charge on any atom is -0.462 e. The van der Waals surface area contributed by atoms with E-state index >= 15 is 0 Å². The number of nitrogens with zero attached hydrogens (tertiary/aromatic N) is 1. The summed E-state index contributed by atoms with van der Waals surface area (Å²) in [6.45, 7) is 4.02. The monoisotopic (exact) mass is 335 g/mol. The third kappa shape index (κ3) is 3.57. The lowest BCUT2D eigenvalue weighted by molar-refractivity contribution is 0.0526. The van der Waals surface area contributed by atoms with Crippen molar-refractivity contribution >= 4 is 21.9 Å². The highest BCUT2D eigenvalue weighted by atomic mass is 79.9. The third-order valence-corrected chi connectivity index (χ3v) is 3.42. The average molecular weight is 336 g/mol. The van der Waals surface area contributed by atoms with Gasteiger partial charge in [-0.15, -0.1) is 0 Å². The molecule has 0 aliphatic rings. The Labute approximate surface area is 125 Å². The minimum atomic E-state index is -0.336. The predicted molar refractivity (Wildman–Crippen MR) is 79.1 cm³/mol. The van der Waals surface area contributed by atoms with Gasteiger partial charge in [0, 0.05) is 10.5 Å². The number of aryl methyl sites for hydroxylation is 1. The number of ether oxygens (including phenoxy) is 2. The standard InChI is InChI=1S/C15H14BrNO3/c1-3-19-15(18)11-4-6-12(7-5-11)20-14-9-8-13(16)10(2)17-14/h4-9H,3H2,1-2H3. The summed E-state index contributed by atoms with van der Waals surface area (Å²) in [7, 11) is 0. The highest BCUT2D eigenvalue weighted by Crippen LogP contribution is 2.23. The molecule has 0 unspecified atom stereocenters. The molecule has 1 aromatic heterocycles. The first-order valence-corrected chi connectivity index (χ1v) is 6.97. The van der Waals surface area contributed by atoms with E-state index in [1.165, 1.54) is 0 Å². The van der Waals surface area contributed by atoms with Crippen LogP contribution in [0.3, 0.4) is 0 Å². The zero-order valence-electron chi connectivity index (χ0n) is 11.2. The molecule has 0 N–H and O–H groups in total. The molecular weight excluding hydrogens is 322 g/mol. The summed E-state index contributed by atoms with van der Waals surface area (Å²) in [4.78, 5) is 15.8. The summed E-state index contributed by atoms with van der Waals surface area (Å²) < 4.78 is 11.5. The Bertz CT molecular complexity index is 611. The van der Waals surface area contributed by atoms with Gasteiger partial charge in [0.05, 0.1) is 17.9 Å². The maximum atomic E-state index is 11.5. The topological polar surface area (TPSA) is 48.4 Å². The van der Waals surface area contributed by atoms with Crippen molar-refractivity contribution in [2.24, 2.45) is 0 Å². The molecule has 2 rings (SSSR count). The first kappa shape index (κ1) is 14.5. The maximum absolute atomic E-state index is 11.5. The molecule has 0 atom stereocenters. The second kappa shape index (κ2) is 6.52. The Kier molecular flexibility index (Phi) is 4.74. The van der Waals surface area contributed by atoms with Gasteiger partial charge in [0.2, 0.25) is 5.88 Å². The van der Waals surface area contributed by atoms with Gasteiger partial charge in [-0.25, -0.2) is 9.78 Å². The van der Waals surface area contributed by atoms with E-state index in [4.69, 9.17) is 9.47 Å². The molecule has 104 valence electrons. The molecule has 2 aromatic rings. The molecule has 0 fully saturated rings. The maximum Gasteiger partial charge on any atom is 0.338 e. The van der Waals surface area contributed by atoms with Gasteiger partial charge in [0.15, 0.2) is 0 Å². The molecule has 0 saturated heterocycles. The highest BCUT2D eigenvalue weighted by molar-refractivity contribution is 9.10. The van der Waals surface area contributed by atoms with E-state index < -0.39 is 0 Å². The van der Waals surface area contributed by atoms with E-state index in [2.05, 4.69) is 20.9 Å². The van der Waals surface area contributed by atoms with E-state index in [0.717, 1.165) is 10.2 Å². The van der Waals surface area contributed by atoms with Crippen molar-refractivity contribution < 1.29 is 14.3 Å². The van der Waals surface area contributed by atoms with Crippen molar-refractivity contribution in [2.45, 2.75) is 13.8 Å². The van der Waals surface area contributed by atoms with E-state index in [-0.39, 0.29) is 5.97 Å². The van der Waals surface area contributed by atoms with Crippen LogP contribution in [-0.2, 0) is 4.74 Å². The van der Waals surface area contributed by atoms with Gasteiger partial charge in [-0.1, -0.05) is 0 Å². The van der Waals surface area contributed by atoms with Crippen LogP contribution in [0.4, 0.5) is 0 Å². The summed E-state index contributed by atoms with van der Waals surface area (Å²) in [5.41, 5.74) is 1.35. The largest absolute Gasteiger partial charge is 0.462 e. The fraction of sp³-hybridized carbons (Fsp3) is 0.200. The molecular formula is C15H14BrNO3. The number of esters is 1. The third-order valence-electron chi connectivity index (χ3n) is 2.58. The molecule has 0 aliphatic heterocycles. The van der Waals surface area contributed by atoms with Crippen molar-refractivity contribution in [2.75, 3.05) is 6.61 Å². The van der Waals surface area contributed by atoms with E-state index in [1.54, 1.807) is 37.3 Å². The molecule has 1 aromatic carbocycles. The van der Waals surface area contributed by atoms with Crippen LogP contribution in [0.1, 0.15) is 23.0 Å². The first-order chi connectivity index (χ1) is 9.60. The molecule has 5 heteroatoms. The molecule has 1 heterocycles. The minimum absolute atomic E-state index is 0.336. The van der Waals surface area contributed by atoms with Gasteiger partial charge in [-0.05, 0) is 60.1 Å². The predicted octanol–water partition coefficient (Wildman–Crippen LogP) is 4.12. The van der Waals surface area contributed by atoms with Crippen LogP contribution in [0.15, 0.2) is 40.9 Å². The zero-order chi connectivity index (χ0) is 14.5. The lowest BCUT2D eigenvalue weighted by Crippen LogP contribution is -2.04. The lowest BCUT2D eigenvalue weighted by atomic mass is 10.2. The normalized spacial score (nSPS) is 10.2. The molecule has 0 saturated carbocycles. The van der Waals surface area contributed by atoms with Crippen molar-refractivity contribution in [3.63, 3.8) is 0 Å². The molecule has 0 spiro atoms. The summed E-state index contributed by atoms with van der Waals surface area (Å²) >= 11 is 3.39. The fourth-order valence-electron chi connectivity index (χ4n) is 1.57. The smallest absolute Gasteiger partial charge is 0.338 e. The van der Waals surface area contributed by atoms with E-state index in [1.807, 2.05) is 13.0 Å². The van der Waals surface area contributed by atoms with Crippen molar-refractivity contribution in [3.8, 4) is 11.6 Å². The lowest BCUT2D eigenvalue weighted by Gasteiger charge is -2.07. The molecule has 0 radical (unpaired) electrons. The number of halogens is 1. The molecule has 0 amide bonds. The Morgan fingerprint density at radius 1 is 1.20 bits per heavy atom. The van der Waals surface area contributed by atoms with Gasteiger partial charge < -0.3 is 9.47 Å². The van der Waals surface area contributed by atoms with Gasteiger partial charge in [-0.2, -0.15) is 0 Å². The second-order valence-electron chi connectivity index (χ2n) is 4.06. The molecule has 20 heavy (non-hydrogen) atoms. The number of benzene rings is 1. The van der Waals surface area contributed by atoms with Crippen molar-refractivity contribution in [3.05, 3.63) is 52.1 Å². The number of rotatable bonds is 4. The number of hydrogen-bond acceptors (Lipinski definition) is 4. The fourth-order valence-corrected chi connectivity index (χ4v) is 1.79.